The minimum atomic E-state index is -0.503. The summed E-state index contributed by atoms with van der Waals surface area (Å²) in [6.45, 7) is 3.53. The highest BCUT2D eigenvalue weighted by atomic mass is 16.6. The van der Waals surface area contributed by atoms with Gasteiger partial charge in [0, 0.05) is 12.3 Å². The van der Waals surface area contributed by atoms with Crippen LogP contribution in [0.25, 0.3) is 0 Å². The van der Waals surface area contributed by atoms with E-state index in [0.717, 1.165) is 0 Å². The third kappa shape index (κ3) is 8.14. The molecule has 70 valence electrons. The van der Waals surface area contributed by atoms with Gasteiger partial charge in [0.2, 0.25) is 0 Å². The van der Waals surface area contributed by atoms with Crippen molar-refractivity contribution in [3.05, 3.63) is 24.4 Å². The number of nitrogens with zero attached hydrogens (tertiary/aromatic N) is 1. The first-order valence-corrected chi connectivity index (χ1v) is 3.85. The van der Waals surface area contributed by atoms with Crippen molar-refractivity contribution in [3.8, 4) is 6.07 Å². The maximum Gasteiger partial charge on any atom is 0.411 e. The summed E-state index contributed by atoms with van der Waals surface area (Å²) in [5.74, 6) is 0. The normalized spacial score (nSPS) is 10.6. The van der Waals surface area contributed by atoms with Crippen LogP contribution in [0.3, 0.4) is 0 Å². The number of carbonyl (C=O) groups excluding carboxylic acids is 1. The molecule has 1 amide bonds. The van der Waals surface area contributed by atoms with Gasteiger partial charge in [-0.25, -0.2) is 4.79 Å². The Morgan fingerprint density at radius 1 is 1.54 bits per heavy atom. The summed E-state index contributed by atoms with van der Waals surface area (Å²) in [7, 11) is 0. The molecule has 0 aliphatic rings. The van der Waals surface area contributed by atoms with Gasteiger partial charge in [-0.1, -0.05) is 6.08 Å². The quantitative estimate of drug-likeness (QED) is 0.531. The summed E-state index contributed by atoms with van der Waals surface area (Å²) in [5, 5.41) is 10.5. The summed E-state index contributed by atoms with van der Waals surface area (Å²) < 4.78 is 4.77. The number of hydrogen-bond acceptors (Lipinski definition) is 3. The highest BCUT2D eigenvalue weighted by Crippen LogP contribution is 1.87. The fraction of sp³-hybridized carbons (Fsp3) is 0.333. The zero-order valence-electron chi connectivity index (χ0n) is 7.65. The Bertz CT molecular complexity index is 249. The van der Waals surface area contributed by atoms with Crippen molar-refractivity contribution >= 4 is 6.09 Å². The van der Waals surface area contributed by atoms with Crippen LogP contribution in [0, 0.1) is 11.3 Å². The Hall–Kier alpha value is -1.76. The van der Waals surface area contributed by atoms with Crippen molar-refractivity contribution in [2.24, 2.45) is 0 Å². The number of carbonyl (C=O) groups is 1. The number of amides is 1. The van der Waals surface area contributed by atoms with Crippen molar-refractivity contribution in [2.45, 2.75) is 20.0 Å². The van der Waals surface area contributed by atoms with Gasteiger partial charge in [0.15, 0.2) is 0 Å². The van der Waals surface area contributed by atoms with E-state index in [-0.39, 0.29) is 6.10 Å². The molecule has 0 aliphatic heterocycles. The number of rotatable bonds is 3. The average Bonchev–Trinajstić information content (AvgIpc) is 2.02. The molecule has 0 aliphatic carbocycles. The topological polar surface area (TPSA) is 62.1 Å². The van der Waals surface area contributed by atoms with E-state index in [0.29, 0.717) is 0 Å². The van der Waals surface area contributed by atoms with Crippen LogP contribution in [0.2, 0.25) is 0 Å². The highest BCUT2D eigenvalue weighted by molar-refractivity contribution is 5.68. The van der Waals surface area contributed by atoms with Gasteiger partial charge in [-0.3, -0.25) is 5.32 Å². The largest absolute Gasteiger partial charge is 0.447 e. The zero-order valence-corrected chi connectivity index (χ0v) is 7.65. The number of alkyl carbamates (subject to hydrolysis) is 1. The first-order valence-electron chi connectivity index (χ1n) is 3.85. The number of allylic oxidation sites excluding steroid dienone is 3. The molecule has 0 aromatic carbocycles. The molecule has 0 bridgehead atoms. The molecule has 13 heavy (non-hydrogen) atoms. The summed E-state index contributed by atoms with van der Waals surface area (Å²) in [5.41, 5.74) is 0. The number of hydrogen-bond donors (Lipinski definition) is 1. The maximum absolute atomic E-state index is 10.8. The van der Waals surface area contributed by atoms with Crippen molar-refractivity contribution in [2.75, 3.05) is 0 Å². The molecular formula is C9H12N2O2. The van der Waals surface area contributed by atoms with Gasteiger partial charge in [-0.2, -0.15) is 5.26 Å². The summed E-state index contributed by atoms with van der Waals surface area (Å²) in [6.07, 6.45) is 5.10. The van der Waals surface area contributed by atoms with Crippen LogP contribution < -0.4 is 5.32 Å². The molecule has 0 radical (unpaired) electrons. The third-order valence-corrected chi connectivity index (χ3v) is 0.922. The summed E-state index contributed by atoms with van der Waals surface area (Å²) in [4.78, 5) is 10.8. The van der Waals surface area contributed by atoms with E-state index in [1.807, 2.05) is 6.07 Å². The fourth-order valence-corrected chi connectivity index (χ4v) is 0.518. The van der Waals surface area contributed by atoms with E-state index in [2.05, 4.69) is 5.32 Å². The van der Waals surface area contributed by atoms with E-state index < -0.39 is 6.09 Å². The first kappa shape index (κ1) is 11.2. The van der Waals surface area contributed by atoms with Crippen molar-refractivity contribution in [1.29, 1.82) is 5.26 Å². The molecule has 4 heteroatoms. The van der Waals surface area contributed by atoms with Gasteiger partial charge in [-0.05, 0) is 19.9 Å². The molecule has 0 heterocycles. The van der Waals surface area contributed by atoms with Crippen LogP contribution >= 0.6 is 0 Å². The Labute approximate surface area is 77.5 Å². The van der Waals surface area contributed by atoms with Crippen molar-refractivity contribution < 1.29 is 9.53 Å². The molecule has 0 unspecified atom stereocenters. The predicted molar refractivity (Wildman–Crippen MR) is 48.6 cm³/mol. The highest BCUT2D eigenvalue weighted by Gasteiger charge is 1.99. The lowest BCUT2D eigenvalue weighted by Gasteiger charge is -2.05. The Morgan fingerprint density at radius 3 is 2.77 bits per heavy atom. The lowest BCUT2D eigenvalue weighted by molar-refractivity contribution is 0.119. The standard InChI is InChI=1S/C9H12N2O2/c1-8(2)13-9(12)11-7-5-3-4-6-10/h3-5,7-8H,1-2H3,(H,11,12)/b4-3-,7-5+. The third-order valence-electron chi connectivity index (χ3n) is 0.922. The van der Waals surface area contributed by atoms with Crippen LogP contribution in [0.15, 0.2) is 24.4 Å². The van der Waals surface area contributed by atoms with Crippen LogP contribution in [-0.2, 0) is 4.74 Å². The molecular weight excluding hydrogens is 168 g/mol. The van der Waals surface area contributed by atoms with Crippen LogP contribution in [0.1, 0.15) is 13.8 Å². The lowest BCUT2D eigenvalue weighted by Crippen LogP contribution is -2.21. The molecule has 4 nitrogen and oxygen atoms in total. The molecule has 0 aromatic rings. The second-order valence-electron chi connectivity index (χ2n) is 2.45. The van der Waals surface area contributed by atoms with Crippen molar-refractivity contribution in [3.63, 3.8) is 0 Å². The van der Waals surface area contributed by atoms with E-state index in [1.54, 1.807) is 13.8 Å². The first-order chi connectivity index (χ1) is 6.16. The summed E-state index contributed by atoms with van der Waals surface area (Å²) >= 11 is 0. The smallest absolute Gasteiger partial charge is 0.411 e. The number of nitriles is 1. The van der Waals surface area contributed by atoms with Crippen LogP contribution in [0.5, 0.6) is 0 Å². The average molecular weight is 180 g/mol. The summed E-state index contributed by atoms with van der Waals surface area (Å²) in [6, 6.07) is 1.81. The molecule has 0 saturated carbocycles. The molecule has 0 spiro atoms. The van der Waals surface area contributed by atoms with E-state index in [4.69, 9.17) is 10.00 Å². The lowest BCUT2D eigenvalue weighted by atomic mass is 10.5. The Balaban J connectivity index is 3.65. The Morgan fingerprint density at radius 2 is 2.23 bits per heavy atom. The van der Waals surface area contributed by atoms with Gasteiger partial charge < -0.3 is 4.74 Å². The Kier molecular flexibility index (Phi) is 5.98. The van der Waals surface area contributed by atoms with E-state index in [9.17, 15) is 4.79 Å². The van der Waals surface area contributed by atoms with Gasteiger partial charge in [0.1, 0.15) is 0 Å². The zero-order chi connectivity index (χ0) is 10.1. The predicted octanol–water partition coefficient (Wildman–Crippen LogP) is 1.71. The monoisotopic (exact) mass is 180 g/mol. The van der Waals surface area contributed by atoms with Crippen LogP contribution in [-0.4, -0.2) is 12.2 Å². The van der Waals surface area contributed by atoms with E-state index in [1.165, 1.54) is 24.4 Å². The molecule has 0 saturated heterocycles. The SMILES string of the molecule is CC(C)OC(=O)N/C=C/C=C\C#N. The van der Waals surface area contributed by atoms with Gasteiger partial charge in [0.25, 0.3) is 0 Å². The molecule has 0 rings (SSSR count). The minimum absolute atomic E-state index is 0.136. The molecule has 0 fully saturated rings. The van der Waals surface area contributed by atoms with E-state index >= 15 is 0 Å². The number of nitrogens with one attached hydrogen (secondary N) is 1. The van der Waals surface area contributed by atoms with Gasteiger partial charge in [0.05, 0.1) is 12.2 Å². The second-order valence-corrected chi connectivity index (χ2v) is 2.45. The second kappa shape index (κ2) is 6.92. The maximum atomic E-state index is 10.8. The molecule has 1 N–H and O–H groups in total. The van der Waals surface area contributed by atoms with Crippen LogP contribution in [0.4, 0.5) is 4.79 Å². The van der Waals surface area contributed by atoms with Crippen molar-refractivity contribution in [1.82, 2.24) is 5.32 Å². The van der Waals surface area contributed by atoms with Gasteiger partial charge >= 0.3 is 6.09 Å². The number of ether oxygens (including phenoxy) is 1. The molecule has 0 atom stereocenters. The minimum Gasteiger partial charge on any atom is -0.447 e. The van der Waals surface area contributed by atoms with Gasteiger partial charge in [-0.15, -0.1) is 0 Å². The fourth-order valence-electron chi connectivity index (χ4n) is 0.518. The molecule has 0 aromatic heterocycles.